The Bertz CT molecular complexity index is 473. The molecule has 0 heterocycles. The normalized spacial score (nSPS) is 11.8. The van der Waals surface area contributed by atoms with Crippen LogP contribution in [0.5, 0.6) is 0 Å². The highest BCUT2D eigenvalue weighted by Crippen LogP contribution is 2.31. The Morgan fingerprint density at radius 1 is 1.33 bits per heavy atom. The Morgan fingerprint density at radius 2 is 1.83 bits per heavy atom. The third kappa shape index (κ3) is 3.75. The van der Waals surface area contributed by atoms with Gasteiger partial charge in [0.25, 0.3) is 0 Å². The lowest BCUT2D eigenvalue weighted by Crippen LogP contribution is -2.40. The summed E-state index contributed by atoms with van der Waals surface area (Å²) in [6, 6.07) is 0.0659. The number of hydrogen-bond donors (Lipinski definition) is 3. The monoisotopic (exact) mass is 294 g/mol. The van der Waals surface area contributed by atoms with Gasteiger partial charge in [-0.2, -0.15) is 0 Å². The van der Waals surface area contributed by atoms with Crippen LogP contribution in [0.25, 0.3) is 0 Å². The summed E-state index contributed by atoms with van der Waals surface area (Å²) in [6.07, 6.45) is 0. The molecular formula is C10H9Cl2FN2O3. The Morgan fingerprint density at radius 3 is 2.28 bits per heavy atom. The number of amides is 2. The van der Waals surface area contributed by atoms with Crippen molar-refractivity contribution in [2.45, 2.75) is 13.0 Å². The van der Waals surface area contributed by atoms with Crippen molar-refractivity contribution in [1.82, 2.24) is 5.32 Å². The lowest BCUT2D eigenvalue weighted by molar-refractivity contribution is -0.138. The number of nitrogens with one attached hydrogen (secondary N) is 2. The summed E-state index contributed by atoms with van der Waals surface area (Å²) < 4.78 is 12.9. The maximum Gasteiger partial charge on any atom is 0.325 e. The summed E-state index contributed by atoms with van der Waals surface area (Å²) in [7, 11) is 0. The van der Waals surface area contributed by atoms with E-state index >= 15 is 0 Å². The molecule has 18 heavy (non-hydrogen) atoms. The zero-order chi connectivity index (χ0) is 13.9. The minimum atomic E-state index is -1.19. The summed E-state index contributed by atoms with van der Waals surface area (Å²) in [5, 5.41) is 12.8. The van der Waals surface area contributed by atoms with Gasteiger partial charge in [-0.15, -0.1) is 0 Å². The highest BCUT2D eigenvalue weighted by atomic mass is 35.5. The molecular weight excluding hydrogens is 286 g/mol. The summed E-state index contributed by atoms with van der Waals surface area (Å²) >= 11 is 11.4. The molecule has 0 aliphatic carbocycles. The number of carbonyl (C=O) groups excluding carboxylic acids is 1. The molecule has 1 atom stereocenters. The first-order valence-electron chi connectivity index (χ1n) is 4.76. The van der Waals surface area contributed by atoms with Crippen LogP contribution in [0.3, 0.4) is 0 Å². The standard InChI is InChI=1S/C10H9Cl2FN2O3/c1-4(9(16)17)14-10(18)15-8-6(11)2-5(13)3-7(8)12/h2-4H,1H3,(H,16,17)(H2,14,15,18). The molecule has 0 fully saturated rings. The number of urea groups is 1. The molecule has 3 N–H and O–H groups in total. The molecule has 1 aromatic carbocycles. The molecule has 1 aromatic rings. The van der Waals surface area contributed by atoms with Crippen LogP contribution in [0.1, 0.15) is 6.92 Å². The van der Waals surface area contributed by atoms with Crippen LogP contribution in [-0.2, 0) is 4.79 Å². The number of aliphatic carboxylic acids is 1. The topological polar surface area (TPSA) is 78.4 Å². The van der Waals surface area contributed by atoms with Gasteiger partial charge in [0.1, 0.15) is 11.9 Å². The smallest absolute Gasteiger partial charge is 0.325 e. The molecule has 98 valence electrons. The van der Waals surface area contributed by atoms with Gasteiger partial charge in [0.15, 0.2) is 0 Å². The van der Waals surface area contributed by atoms with E-state index in [1.165, 1.54) is 6.92 Å². The van der Waals surface area contributed by atoms with Crippen molar-refractivity contribution in [2.24, 2.45) is 0 Å². The molecule has 0 aromatic heterocycles. The Hall–Kier alpha value is -1.53. The highest BCUT2D eigenvalue weighted by Gasteiger charge is 2.16. The van der Waals surface area contributed by atoms with E-state index in [0.717, 1.165) is 12.1 Å². The van der Waals surface area contributed by atoms with Crippen molar-refractivity contribution >= 4 is 40.9 Å². The predicted octanol–water partition coefficient (Wildman–Crippen LogP) is 2.73. The Kier molecular flexibility index (Phi) is 4.75. The van der Waals surface area contributed by atoms with Gasteiger partial charge in [0.2, 0.25) is 0 Å². The van der Waals surface area contributed by atoms with Crippen LogP contribution in [0.15, 0.2) is 12.1 Å². The van der Waals surface area contributed by atoms with E-state index in [9.17, 15) is 14.0 Å². The minimum absolute atomic E-state index is 0.00909. The molecule has 0 bridgehead atoms. The molecule has 0 aliphatic rings. The van der Waals surface area contributed by atoms with E-state index in [2.05, 4.69) is 10.6 Å². The van der Waals surface area contributed by atoms with E-state index in [-0.39, 0.29) is 15.7 Å². The fourth-order valence-corrected chi connectivity index (χ4v) is 1.62. The number of carbonyl (C=O) groups is 2. The van der Waals surface area contributed by atoms with Gasteiger partial charge in [-0.25, -0.2) is 9.18 Å². The third-order valence-electron chi connectivity index (χ3n) is 1.96. The van der Waals surface area contributed by atoms with Crippen molar-refractivity contribution < 1.29 is 19.1 Å². The summed E-state index contributed by atoms with van der Waals surface area (Å²) in [5.41, 5.74) is 0.00909. The maximum atomic E-state index is 12.9. The zero-order valence-corrected chi connectivity index (χ0v) is 10.6. The van der Waals surface area contributed by atoms with Crippen LogP contribution in [0.2, 0.25) is 10.0 Å². The average molecular weight is 295 g/mol. The first kappa shape index (κ1) is 14.5. The molecule has 0 saturated carbocycles. The first-order valence-corrected chi connectivity index (χ1v) is 5.51. The molecule has 1 unspecified atom stereocenters. The second-order valence-electron chi connectivity index (χ2n) is 3.40. The molecule has 0 saturated heterocycles. The van der Waals surface area contributed by atoms with Crippen molar-refractivity contribution in [3.8, 4) is 0 Å². The van der Waals surface area contributed by atoms with Gasteiger partial charge < -0.3 is 15.7 Å². The largest absolute Gasteiger partial charge is 0.480 e. The van der Waals surface area contributed by atoms with Gasteiger partial charge in [-0.3, -0.25) is 4.79 Å². The summed E-state index contributed by atoms with van der Waals surface area (Å²) in [6.45, 7) is 1.29. The third-order valence-corrected chi connectivity index (χ3v) is 2.56. The lowest BCUT2D eigenvalue weighted by Gasteiger charge is -2.12. The van der Waals surface area contributed by atoms with E-state index < -0.39 is 23.9 Å². The Labute approximate surface area is 112 Å². The molecule has 2 amide bonds. The van der Waals surface area contributed by atoms with Crippen molar-refractivity contribution in [3.05, 3.63) is 28.0 Å². The predicted molar refractivity (Wildman–Crippen MR) is 65.7 cm³/mol. The van der Waals surface area contributed by atoms with E-state index in [1.54, 1.807) is 0 Å². The zero-order valence-electron chi connectivity index (χ0n) is 9.13. The van der Waals surface area contributed by atoms with E-state index in [1.807, 2.05) is 0 Å². The van der Waals surface area contributed by atoms with Crippen LogP contribution in [0, 0.1) is 5.82 Å². The SMILES string of the molecule is CC(NC(=O)Nc1c(Cl)cc(F)cc1Cl)C(=O)O. The van der Waals surface area contributed by atoms with Gasteiger partial charge in [0, 0.05) is 0 Å². The number of carboxylic acid groups (broad SMARTS) is 1. The quantitative estimate of drug-likeness (QED) is 0.802. The number of rotatable bonds is 3. The molecule has 0 radical (unpaired) electrons. The van der Waals surface area contributed by atoms with Gasteiger partial charge in [-0.05, 0) is 19.1 Å². The van der Waals surface area contributed by atoms with Gasteiger partial charge in [0.05, 0.1) is 15.7 Å². The van der Waals surface area contributed by atoms with E-state index in [4.69, 9.17) is 28.3 Å². The average Bonchev–Trinajstić information content (AvgIpc) is 2.23. The number of carboxylic acids is 1. The van der Waals surface area contributed by atoms with Crippen LogP contribution >= 0.6 is 23.2 Å². The number of anilines is 1. The van der Waals surface area contributed by atoms with Gasteiger partial charge in [-0.1, -0.05) is 23.2 Å². The molecule has 8 heteroatoms. The fraction of sp³-hybridized carbons (Fsp3) is 0.200. The van der Waals surface area contributed by atoms with Crippen LogP contribution < -0.4 is 10.6 Å². The lowest BCUT2D eigenvalue weighted by atomic mass is 10.3. The van der Waals surface area contributed by atoms with Crippen molar-refractivity contribution in [1.29, 1.82) is 0 Å². The molecule has 0 spiro atoms. The Balaban J connectivity index is 2.80. The van der Waals surface area contributed by atoms with E-state index in [0.29, 0.717) is 0 Å². The summed E-state index contributed by atoms with van der Waals surface area (Å²) in [4.78, 5) is 21.9. The summed E-state index contributed by atoms with van der Waals surface area (Å²) in [5.74, 6) is -1.84. The van der Waals surface area contributed by atoms with Gasteiger partial charge >= 0.3 is 12.0 Å². The van der Waals surface area contributed by atoms with Crippen LogP contribution in [-0.4, -0.2) is 23.1 Å². The number of hydrogen-bond acceptors (Lipinski definition) is 2. The second kappa shape index (κ2) is 5.88. The maximum absolute atomic E-state index is 12.9. The van der Waals surface area contributed by atoms with Crippen LogP contribution in [0.4, 0.5) is 14.9 Å². The van der Waals surface area contributed by atoms with Crippen molar-refractivity contribution in [3.63, 3.8) is 0 Å². The molecule has 0 aliphatic heterocycles. The number of benzene rings is 1. The highest BCUT2D eigenvalue weighted by molar-refractivity contribution is 6.39. The minimum Gasteiger partial charge on any atom is -0.480 e. The van der Waals surface area contributed by atoms with Crippen molar-refractivity contribution in [2.75, 3.05) is 5.32 Å². The second-order valence-corrected chi connectivity index (χ2v) is 4.22. The number of halogens is 3. The first-order chi connectivity index (χ1) is 8.31. The molecule has 1 rings (SSSR count). The molecule has 5 nitrogen and oxygen atoms in total. The fourth-order valence-electron chi connectivity index (χ4n) is 1.07.